The largest absolute Gasteiger partial charge is 0.478 e. The molecular formula is C12H8F3NO3. The molecule has 0 radical (unpaired) electrons. The van der Waals surface area contributed by atoms with Gasteiger partial charge in [0.25, 0.3) is 0 Å². The fourth-order valence-electron chi connectivity index (χ4n) is 1.29. The number of anilines is 1. The maximum absolute atomic E-state index is 12.4. The maximum Gasteiger partial charge on any atom is 0.416 e. The molecular weight excluding hydrogens is 263 g/mol. The number of rotatable bonds is 3. The number of nitrogens with one attached hydrogen (secondary N) is 1. The lowest BCUT2D eigenvalue weighted by Gasteiger charge is -2.11. The second kappa shape index (κ2) is 5.44. The van der Waals surface area contributed by atoms with Crippen LogP contribution in [0.3, 0.4) is 0 Å². The highest BCUT2D eigenvalue weighted by Crippen LogP contribution is 2.31. The minimum absolute atomic E-state index is 0.235. The lowest BCUT2D eigenvalue weighted by molar-refractivity contribution is -0.137. The standard InChI is InChI=1S/C12H8F3NO3/c1-2-3-10(17)16-9-5-4-7(12(13,14)15)6-8(9)11(18)19/h1,4-6H,3H2,(H,16,17)(H,18,19). The molecule has 0 unspecified atom stereocenters. The van der Waals surface area contributed by atoms with Crippen molar-refractivity contribution in [3.8, 4) is 12.3 Å². The zero-order chi connectivity index (χ0) is 14.6. The smallest absolute Gasteiger partial charge is 0.416 e. The van der Waals surface area contributed by atoms with Crippen molar-refractivity contribution in [2.45, 2.75) is 12.6 Å². The third-order valence-electron chi connectivity index (χ3n) is 2.11. The number of hydrogen-bond acceptors (Lipinski definition) is 2. The van der Waals surface area contributed by atoms with E-state index in [1.807, 2.05) is 5.92 Å². The molecule has 0 bridgehead atoms. The number of carbonyl (C=O) groups is 2. The van der Waals surface area contributed by atoms with Crippen LogP contribution in [0, 0.1) is 12.3 Å². The van der Waals surface area contributed by atoms with Gasteiger partial charge in [-0.25, -0.2) is 4.79 Å². The van der Waals surface area contributed by atoms with Gasteiger partial charge in [-0.15, -0.1) is 6.42 Å². The van der Waals surface area contributed by atoms with Crippen molar-refractivity contribution in [3.63, 3.8) is 0 Å². The molecule has 0 aliphatic heterocycles. The van der Waals surface area contributed by atoms with Crippen molar-refractivity contribution >= 4 is 17.6 Å². The first-order chi connectivity index (χ1) is 8.75. The van der Waals surface area contributed by atoms with E-state index >= 15 is 0 Å². The second-order valence-electron chi connectivity index (χ2n) is 3.49. The summed E-state index contributed by atoms with van der Waals surface area (Å²) in [5.74, 6) is -0.225. The van der Waals surface area contributed by atoms with E-state index in [1.54, 1.807) is 0 Å². The summed E-state index contributed by atoms with van der Waals surface area (Å²) in [5.41, 5.74) is -2.00. The van der Waals surface area contributed by atoms with E-state index in [0.717, 1.165) is 6.07 Å². The van der Waals surface area contributed by atoms with Crippen LogP contribution in [0.5, 0.6) is 0 Å². The van der Waals surface area contributed by atoms with Gasteiger partial charge in [-0.1, -0.05) is 5.92 Å². The van der Waals surface area contributed by atoms with Gasteiger partial charge < -0.3 is 10.4 Å². The molecule has 4 nitrogen and oxygen atoms in total. The first-order valence-corrected chi connectivity index (χ1v) is 4.93. The van der Waals surface area contributed by atoms with E-state index in [9.17, 15) is 22.8 Å². The number of halogens is 3. The number of hydrogen-bond donors (Lipinski definition) is 2. The highest BCUT2D eigenvalue weighted by molar-refractivity contribution is 6.01. The molecule has 0 fully saturated rings. The fourth-order valence-corrected chi connectivity index (χ4v) is 1.29. The molecule has 0 heterocycles. The predicted molar refractivity (Wildman–Crippen MR) is 60.5 cm³/mol. The van der Waals surface area contributed by atoms with Crippen LogP contribution in [0.4, 0.5) is 18.9 Å². The molecule has 0 saturated carbocycles. The number of carboxylic acid groups (broad SMARTS) is 1. The first-order valence-electron chi connectivity index (χ1n) is 4.93. The van der Waals surface area contributed by atoms with Crippen LogP contribution in [-0.2, 0) is 11.0 Å². The number of terminal acetylenes is 1. The summed E-state index contributed by atoms with van der Waals surface area (Å²) in [5, 5.41) is 11.0. The summed E-state index contributed by atoms with van der Waals surface area (Å²) >= 11 is 0. The van der Waals surface area contributed by atoms with Crippen LogP contribution in [0.1, 0.15) is 22.3 Å². The lowest BCUT2D eigenvalue weighted by Crippen LogP contribution is -2.15. The Morgan fingerprint density at radius 1 is 1.37 bits per heavy atom. The molecule has 0 atom stereocenters. The molecule has 100 valence electrons. The molecule has 1 rings (SSSR count). The van der Waals surface area contributed by atoms with E-state index in [1.165, 1.54) is 0 Å². The molecule has 1 amide bonds. The van der Waals surface area contributed by atoms with E-state index in [2.05, 4.69) is 5.32 Å². The Labute approximate surface area is 106 Å². The molecule has 0 aliphatic carbocycles. The Bertz CT molecular complexity index is 558. The Morgan fingerprint density at radius 3 is 2.47 bits per heavy atom. The van der Waals surface area contributed by atoms with Gasteiger partial charge in [0, 0.05) is 0 Å². The number of carbonyl (C=O) groups excluding carboxylic acids is 1. The Hall–Kier alpha value is -2.49. The zero-order valence-electron chi connectivity index (χ0n) is 9.41. The van der Waals surface area contributed by atoms with Gasteiger partial charge >= 0.3 is 12.1 Å². The van der Waals surface area contributed by atoms with Gasteiger partial charge in [0.1, 0.15) is 0 Å². The van der Waals surface area contributed by atoms with Gasteiger partial charge in [0.2, 0.25) is 5.91 Å². The Kier molecular flexibility index (Phi) is 4.17. The molecule has 0 aromatic heterocycles. The first kappa shape index (κ1) is 14.6. The van der Waals surface area contributed by atoms with E-state index in [-0.39, 0.29) is 12.1 Å². The molecule has 1 aromatic carbocycles. The quantitative estimate of drug-likeness (QED) is 0.829. The minimum atomic E-state index is -4.66. The average Bonchev–Trinajstić information content (AvgIpc) is 2.27. The van der Waals surface area contributed by atoms with Gasteiger partial charge in [-0.3, -0.25) is 4.79 Å². The molecule has 2 N–H and O–H groups in total. The van der Waals surface area contributed by atoms with Crippen LogP contribution in [0.25, 0.3) is 0 Å². The number of aromatic carboxylic acids is 1. The number of benzene rings is 1. The molecule has 7 heteroatoms. The lowest BCUT2D eigenvalue weighted by atomic mass is 10.1. The van der Waals surface area contributed by atoms with Gasteiger partial charge in [-0.2, -0.15) is 13.2 Å². The molecule has 0 saturated heterocycles. The van der Waals surface area contributed by atoms with Crippen LogP contribution < -0.4 is 5.32 Å². The van der Waals surface area contributed by atoms with Gasteiger partial charge in [0.05, 0.1) is 23.2 Å². The van der Waals surface area contributed by atoms with Crippen LogP contribution in [-0.4, -0.2) is 17.0 Å². The second-order valence-corrected chi connectivity index (χ2v) is 3.49. The Morgan fingerprint density at radius 2 is 2.00 bits per heavy atom. The summed E-state index contributed by atoms with van der Waals surface area (Å²) in [4.78, 5) is 22.1. The van der Waals surface area contributed by atoms with Crippen molar-refractivity contribution in [1.82, 2.24) is 0 Å². The average molecular weight is 271 g/mol. The molecule has 19 heavy (non-hydrogen) atoms. The van der Waals surface area contributed by atoms with Crippen molar-refractivity contribution in [3.05, 3.63) is 29.3 Å². The topological polar surface area (TPSA) is 66.4 Å². The van der Waals surface area contributed by atoms with Crippen molar-refractivity contribution in [2.24, 2.45) is 0 Å². The van der Waals surface area contributed by atoms with Gasteiger partial charge in [-0.05, 0) is 18.2 Å². The SMILES string of the molecule is C#CCC(=O)Nc1ccc(C(F)(F)F)cc1C(=O)O. The monoisotopic (exact) mass is 271 g/mol. The van der Waals surface area contributed by atoms with Crippen molar-refractivity contribution in [2.75, 3.05) is 5.32 Å². The van der Waals surface area contributed by atoms with Crippen LogP contribution >= 0.6 is 0 Å². The summed E-state index contributed by atoms with van der Waals surface area (Å²) in [6.07, 6.45) is -0.0804. The van der Waals surface area contributed by atoms with Crippen LogP contribution in [0.2, 0.25) is 0 Å². The molecule has 0 aliphatic rings. The van der Waals surface area contributed by atoms with E-state index in [4.69, 9.17) is 11.5 Å². The Balaban J connectivity index is 3.17. The van der Waals surface area contributed by atoms with E-state index < -0.39 is 29.2 Å². The highest BCUT2D eigenvalue weighted by atomic mass is 19.4. The highest BCUT2D eigenvalue weighted by Gasteiger charge is 2.31. The third-order valence-corrected chi connectivity index (χ3v) is 2.11. The zero-order valence-corrected chi connectivity index (χ0v) is 9.41. The van der Waals surface area contributed by atoms with Gasteiger partial charge in [0.15, 0.2) is 0 Å². The van der Waals surface area contributed by atoms with E-state index in [0.29, 0.717) is 12.1 Å². The summed E-state index contributed by atoms with van der Waals surface area (Å²) in [6.45, 7) is 0. The summed E-state index contributed by atoms with van der Waals surface area (Å²) < 4.78 is 37.3. The summed E-state index contributed by atoms with van der Waals surface area (Å²) in [6, 6.07) is 2.01. The predicted octanol–water partition coefficient (Wildman–Crippen LogP) is 2.37. The normalized spacial score (nSPS) is 10.6. The maximum atomic E-state index is 12.4. The molecule has 0 spiro atoms. The number of carboxylic acids is 1. The minimum Gasteiger partial charge on any atom is -0.478 e. The summed E-state index contributed by atoms with van der Waals surface area (Å²) in [7, 11) is 0. The fraction of sp³-hybridized carbons (Fsp3) is 0.167. The van der Waals surface area contributed by atoms with Crippen molar-refractivity contribution < 1.29 is 27.9 Å². The number of amides is 1. The van der Waals surface area contributed by atoms with Crippen molar-refractivity contribution in [1.29, 1.82) is 0 Å². The third kappa shape index (κ3) is 3.74. The molecule has 1 aromatic rings. The number of alkyl halides is 3. The van der Waals surface area contributed by atoms with Crippen LogP contribution in [0.15, 0.2) is 18.2 Å².